The Hall–Kier alpha value is -1.85. The van der Waals surface area contributed by atoms with E-state index < -0.39 is 0 Å². The monoisotopic (exact) mass is 335 g/mol. The van der Waals surface area contributed by atoms with E-state index in [9.17, 15) is 4.79 Å². The maximum Gasteiger partial charge on any atom is 0.259 e. The predicted octanol–water partition coefficient (Wildman–Crippen LogP) is 2.90. The van der Waals surface area contributed by atoms with Crippen molar-refractivity contribution in [2.75, 3.05) is 20.1 Å². The molecule has 23 heavy (non-hydrogen) atoms. The van der Waals surface area contributed by atoms with Crippen LogP contribution in [0.4, 0.5) is 0 Å². The normalized spacial score (nSPS) is 17.7. The molecule has 1 N–H and O–H groups in total. The third kappa shape index (κ3) is 3.57. The van der Waals surface area contributed by atoms with E-state index in [4.69, 9.17) is 4.52 Å². The fraction of sp³-hybridized carbons (Fsp3) is 0.412. The van der Waals surface area contributed by atoms with E-state index in [1.807, 2.05) is 42.3 Å². The number of piperidine rings is 1. The number of benzene rings is 1. The summed E-state index contributed by atoms with van der Waals surface area (Å²) in [7, 11) is 1.94. The Morgan fingerprint density at radius 1 is 1.35 bits per heavy atom. The molecule has 2 aromatic rings. The van der Waals surface area contributed by atoms with Gasteiger partial charge in [-0.25, -0.2) is 0 Å². The number of likely N-dealkylation sites (N-methyl/N-ethyl adjacent to an activating group) is 1. The summed E-state index contributed by atoms with van der Waals surface area (Å²) >= 11 is 0. The molecule has 1 fully saturated rings. The van der Waals surface area contributed by atoms with Gasteiger partial charge in [-0.2, -0.15) is 0 Å². The standard InChI is InChI=1S/C17H21N3O2.ClH/c1-12-15(16(19-22-12)13-7-4-3-5-8-13)17(21)20-10-6-9-14(11-20)18-2;/h3-5,7-8,14,18H,6,9-11H2,1-2H3;1H. The zero-order valence-corrected chi connectivity index (χ0v) is 14.2. The Bertz CT molecular complexity index is 657. The molecule has 1 unspecified atom stereocenters. The van der Waals surface area contributed by atoms with Gasteiger partial charge in [-0.3, -0.25) is 4.79 Å². The first-order valence-electron chi connectivity index (χ1n) is 7.69. The van der Waals surface area contributed by atoms with Crippen molar-refractivity contribution in [1.29, 1.82) is 0 Å². The van der Waals surface area contributed by atoms with Gasteiger partial charge in [0.1, 0.15) is 17.0 Å². The number of carbonyl (C=O) groups excluding carboxylic acids is 1. The molecule has 0 aliphatic carbocycles. The summed E-state index contributed by atoms with van der Waals surface area (Å²) in [6, 6.07) is 10.1. The molecule has 1 aromatic heterocycles. The van der Waals surface area contributed by atoms with Crippen LogP contribution in [0.5, 0.6) is 0 Å². The van der Waals surface area contributed by atoms with Crippen LogP contribution in [0.1, 0.15) is 29.0 Å². The zero-order chi connectivity index (χ0) is 15.5. The second-order valence-corrected chi connectivity index (χ2v) is 5.71. The lowest BCUT2D eigenvalue weighted by Crippen LogP contribution is -2.47. The van der Waals surface area contributed by atoms with Crippen molar-refractivity contribution in [3.63, 3.8) is 0 Å². The van der Waals surface area contributed by atoms with Crippen LogP contribution in [0.15, 0.2) is 34.9 Å². The first-order valence-corrected chi connectivity index (χ1v) is 7.69. The van der Waals surface area contributed by atoms with Gasteiger partial charge in [0, 0.05) is 24.7 Å². The minimum Gasteiger partial charge on any atom is -0.360 e. The van der Waals surface area contributed by atoms with Crippen molar-refractivity contribution in [2.45, 2.75) is 25.8 Å². The van der Waals surface area contributed by atoms with Crippen molar-refractivity contribution in [2.24, 2.45) is 0 Å². The fourth-order valence-corrected chi connectivity index (χ4v) is 2.97. The molecule has 1 aliphatic rings. The van der Waals surface area contributed by atoms with Crippen LogP contribution in [-0.4, -0.2) is 42.1 Å². The molecule has 1 atom stereocenters. The second kappa shape index (κ2) is 7.62. The number of nitrogens with one attached hydrogen (secondary N) is 1. The predicted molar refractivity (Wildman–Crippen MR) is 91.9 cm³/mol. The Labute approximate surface area is 142 Å². The number of aryl methyl sites for hydroxylation is 1. The molecule has 2 heterocycles. The van der Waals surface area contributed by atoms with Crippen LogP contribution in [-0.2, 0) is 0 Å². The number of amides is 1. The van der Waals surface area contributed by atoms with Gasteiger partial charge in [0.25, 0.3) is 5.91 Å². The number of carbonyl (C=O) groups is 1. The maximum absolute atomic E-state index is 12.9. The third-order valence-corrected chi connectivity index (χ3v) is 4.24. The van der Waals surface area contributed by atoms with Crippen molar-refractivity contribution in [3.05, 3.63) is 41.7 Å². The van der Waals surface area contributed by atoms with Crippen molar-refractivity contribution in [3.8, 4) is 11.3 Å². The summed E-state index contributed by atoms with van der Waals surface area (Å²) in [6.45, 7) is 3.32. The highest BCUT2D eigenvalue weighted by Crippen LogP contribution is 2.27. The van der Waals surface area contributed by atoms with E-state index in [-0.39, 0.29) is 18.3 Å². The Morgan fingerprint density at radius 2 is 2.09 bits per heavy atom. The molecule has 0 bridgehead atoms. The van der Waals surface area contributed by atoms with Gasteiger partial charge in [0.15, 0.2) is 0 Å². The van der Waals surface area contributed by atoms with Gasteiger partial charge in [0.2, 0.25) is 0 Å². The van der Waals surface area contributed by atoms with E-state index in [1.54, 1.807) is 6.92 Å². The van der Waals surface area contributed by atoms with Gasteiger partial charge in [-0.05, 0) is 26.8 Å². The van der Waals surface area contributed by atoms with E-state index >= 15 is 0 Å². The summed E-state index contributed by atoms with van der Waals surface area (Å²) < 4.78 is 5.30. The molecule has 5 nitrogen and oxygen atoms in total. The highest BCUT2D eigenvalue weighted by atomic mass is 35.5. The molecular weight excluding hydrogens is 314 g/mol. The first kappa shape index (κ1) is 17.5. The quantitative estimate of drug-likeness (QED) is 0.937. The highest BCUT2D eigenvalue weighted by molar-refractivity contribution is 6.00. The summed E-state index contributed by atoms with van der Waals surface area (Å²) in [5.74, 6) is 0.591. The smallest absolute Gasteiger partial charge is 0.259 e. The average molecular weight is 336 g/mol. The van der Waals surface area contributed by atoms with Gasteiger partial charge in [-0.15, -0.1) is 12.4 Å². The largest absolute Gasteiger partial charge is 0.360 e. The van der Waals surface area contributed by atoms with Crippen LogP contribution >= 0.6 is 12.4 Å². The lowest BCUT2D eigenvalue weighted by atomic mass is 10.0. The summed E-state index contributed by atoms with van der Waals surface area (Å²) in [6.07, 6.45) is 2.12. The van der Waals surface area contributed by atoms with Crippen LogP contribution in [0.2, 0.25) is 0 Å². The first-order chi connectivity index (χ1) is 10.7. The topological polar surface area (TPSA) is 58.4 Å². The van der Waals surface area contributed by atoms with Gasteiger partial charge < -0.3 is 14.7 Å². The SMILES string of the molecule is CNC1CCCN(C(=O)c2c(-c3ccccc3)noc2C)C1.Cl. The lowest BCUT2D eigenvalue weighted by Gasteiger charge is -2.32. The molecule has 1 aromatic carbocycles. The Morgan fingerprint density at radius 3 is 2.78 bits per heavy atom. The van der Waals surface area contributed by atoms with Crippen molar-refractivity contribution >= 4 is 18.3 Å². The average Bonchev–Trinajstić information content (AvgIpc) is 2.96. The molecular formula is C17H22ClN3O2. The number of hydrogen-bond donors (Lipinski definition) is 1. The van der Waals surface area contributed by atoms with Gasteiger partial charge in [0.05, 0.1) is 0 Å². The molecule has 0 radical (unpaired) electrons. The number of rotatable bonds is 3. The summed E-state index contributed by atoms with van der Waals surface area (Å²) in [5, 5.41) is 7.36. The van der Waals surface area contributed by atoms with Crippen LogP contribution in [0, 0.1) is 6.92 Å². The van der Waals surface area contributed by atoms with Crippen LogP contribution < -0.4 is 5.32 Å². The molecule has 1 amide bonds. The van der Waals surface area contributed by atoms with E-state index in [0.717, 1.165) is 31.5 Å². The number of halogens is 1. The van der Waals surface area contributed by atoms with Gasteiger partial charge >= 0.3 is 0 Å². The Balaban J connectivity index is 0.00000192. The van der Waals surface area contributed by atoms with Crippen LogP contribution in [0.25, 0.3) is 11.3 Å². The molecule has 0 spiro atoms. The third-order valence-electron chi connectivity index (χ3n) is 4.24. The molecule has 0 saturated carbocycles. The zero-order valence-electron chi connectivity index (χ0n) is 13.4. The summed E-state index contributed by atoms with van der Waals surface area (Å²) in [5.41, 5.74) is 2.13. The molecule has 1 aliphatic heterocycles. The lowest BCUT2D eigenvalue weighted by molar-refractivity contribution is 0.0697. The second-order valence-electron chi connectivity index (χ2n) is 5.71. The number of hydrogen-bond acceptors (Lipinski definition) is 4. The molecule has 6 heteroatoms. The molecule has 1 saturated heterocycles. The fourth-order valence-electron chi connectivity index (χ4n) is 2.97. The van der Waals surface area contributed by atoms with Gasteiger partial charge in [-0.1, -0.05) is 35.5 Å². The van der Waals surface area contributed by atoms with Crippen molar-refractivity contribution in [1.82, 2.24) is 15.4 Å². The highest BCUT2D eigenvalue weighted by Gasteiger charge is 2.29. The minimum atomic E-state index is 0. The van der Waals surface area contributed by atoms with Crippen molar-refractivity contribution < 1.29 is 9.32 Å². The number of nitrogens with zero attached hydrogens (tertiary/aromatic N) is 2. The molecule has 3 rings (SSSR count). The van der Waals surface area contributed by atoms with E-state index in [0.29, 0.717) is 23.1 Å². The maximum atomic E-state index is 12.9. The minimum absolute atomic E-state index is 0. The number of likely N-dealkylation sites (tertiary alicyclic amines) is 1. The molecule has 124 valence electrons. The number of aromatic nitrogens is 1. The Kier molecular flexibility index (Phi) is 5.80. The van der Waals surface area contributed by atoms with E-state index in [2.05, 4.69) is 10.5 Å². The van der Waals surface area contributed by atoms with E-state index in [1.165, 1.54) is 0 Å². The summed E-state index contributed by atoms with van der Waals surface area (Å²) in [4.78, 5) is 14.8. The van der Waals surface area contributed by atoms with Crippen LogP contribution in [0.3, 0.4) is 0 Å².